The molecule has 6 nitrogen and oxygen atoms in total. The fourth-order valence-corrected chi connectivity index (χ4v) is 3.11. The van der Waals surface area contributed by atoms with Crippen molar-refractivity contribution in [2.45, 2.75) is 57.1 Å². The van der Waals surface area contributed by atoms with Gasteiger partial charge in [0, 0.05) is 29.8 Å². The van der Waals surface area contributed by atoms with Gasteiger partial charge in [-0.2, -0.15) is 5.10 Å². The minimum absolute atomic E-state index is 0.00780. The molecule has 0 unspecified atom stereocenters. The number of nitrogens with one attached hydrogen (secondary N) is 1. The Labute approximate surface area is 118 Å². The van der Waals surface area contributed by atoms with Crippen LogP contribution < -0.4 is 5.73 Å². The largest absolute Gasteiger partial charge is 0.446 e. The van der Waals surface area contributed by atoms with Crippen molar-refractivity contribution in [1.29, 1.82) is 0 Å². The summed E-state index contributed by atoms with van der Waals surface area (Å²) in [6.45, 7) is 4.95. The van der Waals surface area contributed by atoms with Crippen LogP contribution in [0.1, 0.15) is 51.1 Å². The van der Waals surface area contributed by atoms with Crippen molar-refractivity contribution in [1.82, 2.24) is 15.1 Å². The standard InChI is InChI=1S/C14H22N4O2/c1-14(2)5-6-18(14)13(19)20-10-4-3-9(7-10)11-8-12(15)17-16-11/h8-10H,3-7H2,1-2H3,(H3,15,16,17)/t9-,10+/m0/s1. The quantitative estimate of drug-likeness (QED) is 0.869. The number of nitrogen functional groups attached to an aromatic ring is 1. The third-order valence-corrected chi connectivity index (χ3v) is 4.61. The molecule has 3 N–H and O–H groups in total. The van der Waals surface area contributed by atoms with Crippen molar-refractivity contribution in [3.8, 4) is 0 Å². The molecule has 1 amide bonds. The van der Waals surface area contributed by atoms with Crippen LogP contribution in [0.4, 0.5) is 10.6 Å². The Kier molecular flexibility index (Phi) is 3.11. The minimum atomic E-state index is -0.170. The maximum Gasteiger partial charge on any atom is 0.410 e. The number of anilines is 1. The molecule has 0 radical (unpaired) electrons. The SMILES string of the molecule is CC1(C)CCN1C(=O)O[C@@H]1CC[C@H](c2cc(N)n[nH]2)C1. The van der Waals surface area contributed by atoms with Crippen molar-refractivity contribution in [2.24, 2.45) is 0 Å². The van der Waals surface area contributed by atoms with Crippen LogP contribution in [0.2, 0.25) is 0 Å². The third-order valence-electron chi connectivity index (χ3n) is 4.61. The fraction of sp³-hybridized carbons (Fsp3) is 0.714. The van der Waals surface area contributed by atoms with E-state index in [0.717, 1.165) is 37.9 Å². The molecule has 1 aliphatic heterocycles. The molecule has 20 heavy (non-hydrogen) atoms. The Morgan fingerprint density at radius 1 is 1.55 bits per heavy atom. The summed E-state index contributed by atoms with van der Waals surface area (Å²) in [5.41, 5.74) is 6.62. The number of likely N-dealkylation sites (tertiary alicyclic amines) is 1. The predicted molar refractivity (Wildman–Crippen MR) is 75.3 cm³/mol. The van der Waals surface area contributed by atoms with Crippen molar-refractivity contribution < 1.29 is 9.53 Å². The van der Waals surface area contributed by atoms with Gasteiger partial charge in [-0.1, -0.05) is 0 Å². The number of hydrogen-bond donors (Lipinski definition) is 2. The van der Waals surface area contributed by atoms with Crippen LogP contribution in [-0.2, 0) is 4.74 Å². The minimum Gasteiger partial charge on any atom is -0.446 e. The van der Waals surface area contributed by atoms with E-state index in [0.29, 0.717) is 11.7 Å². The Bertz CT molecular complexity index is 511. The van der Waals surface area contributed by atoms with E-state index in [2.05, 4.69) is 24.0 Å². The third kappa shape index (κ3) is 2.34. The average molecular weight is 278 g/mol. The van der Waals surface area contributed by atoms with Crippen LogP contribution in [-0.4, -0.2) is 39.4 Å². The second-order valence-electron chi connectivity index (χ2n) is 6.48. The fourth-order valence-electron chi connectivity index (χ4n) is 3.11. The van der Waals surface area contributed by atoms with Gasteiger partial charge in [-0.3, -0.25) is 5.10 Å². The van der Waals surface area contributed by atoms with E-state index in [4.69, 9.17) is 10.5 Å². The number of ether oxygens (including phenoxy) is 1. The molecule has 6 heteroatoms. The number of rotatable bonds is 2. The first-order chi connectivity index (χ1) is 9.45. The average Bonchev–Trinajstić information content (AvgIpc) is 2.96. The van der Waals surface area contributed by atoms with E-state index < -0.39 is 0 Å². The summed E-state index contributed by atoms with van der Waals surface area (Å²) in [6.07, 6.45) is 3.64. The Morgan fingerprint density at radius 3 is 2.90 bits per heavy atom. The van der Waals surface area contributed by atoms with Gasteiger partial charge < -0.3 is 15.4 Å². The van der Waals surface area contributed by atoms with Crippen LogP contribution in [0.15, 0.2) is 6.07 Å². The number of nitrogens with two attached hydrogens (primary N) is 1. The maximum absolute atomic E-state index is 12.1. The molecule has 1 saturated carbocycles. The zero-order valence-corrected chi connectivity index (χ0v) is 12.1. The van der Waals surface area contributed by atoms with Gasteiger partial charge >= 0.3 is 6.09 Å². The van der Waals surface area contributed by atoms with Crippen molar-refractivity contribution in [3.63, 3.8) is 0 Å². The molecule has 3 rings (SSSR count). The lowest BCUT2D eigenvalue weighted by Gasteiger charge is -2.47. The van der Waals surface area contributed by atoms with Gasteiger partial charge in [-0.25, -0.2) is 4.79 Å². The highest BCUT2D eigenvalue weighted by molar-refractivity contribution is 5.70. The lowest BCUT2D eigenvalue weighted by atomic mass is 9.90. The summed E-state index contributed by atoms with van der Waals surface area (Å²) in [6, 6.07) is 1.87. The number of amides is 1. The number of H-pyrrole nitrogens is 1. The molecule has 0 bridgehead atoms. The van der Waals surface area contributed by atoms with E-state index in [-0.39, 0.29) is 17.7 Å². The smallest absolute Gasteiger partial charge is 0.410 e. The van der Waals surface area contributed by atoms with Crippen molar-refractivity contribution >= 4 is 11.9 Å². The Morgan fingerprint density at radius 2 is 2.35 bits per heavy atom. The van der Waals surface area contributed by atoms with E-state index >= 15 is 0 Å². The molecular weight excluding hydrogens is 256 g/mol. The molecule has 1 saturated heterocycles. The normalized spacial score (nSPS) is 28.2. The first-order valence-electron chi connectivity index (χ1n) is 7.25. The van der Waals surface area contributed by atoms with Gasteiger partial charge in [-0.15, -0.1) is 0 Å². The van der Waals surface area contributed by atoms with Crippen LogP contribution >= 0.6 is 0 Å². The first kappa shape index (κ1) is 13.3. The molecule has 1 aromatic heterocycles. The van der Waals surface area contributed by atoms with Crippen LogP contribution in [0.3, 0.4) is 0 Å². The summed E-state index contributed by atoms with van der Waals surface area (Å²) in [4.78, 5) is 13.9. The van der Waals surface area contributed by atoms with Crippen LogP contribution in [0.25, 0.3) is 0 Å². The zero-order valence-electron chi connectivity index (χ0n) is 12.1. The molecule has 0 aromatic carbocycles. The monoisotopic (exact) mass is 278 g/mol. The molecule has 2 aliphatic rings. The molecule has 2 heterocycles. The van der Waals surface area contributed by atoms with Crippen LogP contribution in [0, 0.1) is 0 Å². The van der Waals surface area contributed by atoms with Gasteiger partial charge in [0.15, 0.2) is 0 Å². The van der Waals surface area contributed by atoms with Gasteiger partial charge in [-0.05, 0) is 39.5 Å². The number of carbonyl (C=O) groups excluding carboxylic acids is 1. The molecule has 1 aliphatic carbocycles. The molecule has 0 spiro atoms. The summed E-state index contributed by atoms with van der Waals surface area (Å²) < 4.78 is 5.63. The number of nitrogens with zero attached hydrogens (tertiary/aromatic N) is 2. The lowest BCUT2D eigenvalue weighted by molar-refractivity contribution is -0.0101. The van der Waals surface area contributed by atoms with E-state index in [1.807, 2.05) is 11.0 Å². The van der Waals surface area contributed by atoms with E-state index in [9.17, 15) is 4.79 Å². The summed E-state index contributed by atoms with van der Waals surface area (Å²) >= 11 is 0. The maximum atomic E-state index is 12.1. The molecule has 1 aromatic rings. The summed E-state index contributed by atoms with van der Waals surface area (Å²) in [7, 11) is 0. The Balaban J connectivity index is 1.54. The molecule has 2 fully saturated rings. The van der Waals surface area contributed by atoms with Gasteiger partial charge in [0.05, 0.1) is 0 Å². The zero-order chi connectivity index (χ0) is 14.3. The van der Waals surface area contributed by atoms with Crippen LogP contribution in [0.5, 0.6) is 0 Å². The second-order valence-corrected chi connectivity index (χ2v) is 6.48. The topological polar surface area (TPSA) is 84.2 Å². The highest BCUT2D eigenvalue weighted by Crippen LogP contribution is 2.37. The second kappa shape index (κ2) is 4.68. The predicted octanol–water partition coefficient (Wildman–Crippen LogP) is 2.25. The summed E-state index contributed by atoms with van der Waals surface area (Å²) in [5, 5.41) is 6.91. The van der Waals surface area contributed by atoms with Crippen molar-refractivity contribution in [3.05, 3.63) is 11.8 Å². The van der Waals surface area contributed by atoms with E-state index in [1.165, 1.54) is 0 Å². The highest BCUT2D eigenvalue weighted by Gasteiger charge is 2.41. The van der Waals surface area contributed by atoms with Crippen molar-refractivity contribution in [2.75, 3.05) is 12.3 Å². The summed E-state index contributed by atoms with van der Waals surface area (Å²) in [5.74, 6) is 0.879. The van der Waals surface area contributed by atoms with Gasteiger partial charge in [0.25, 0.3) is 0 Å². The lowest BCUT2D eigenvalue weighted by Crippen LogP contribution is -2.58. The molecular formula is C14H22N4O2. The Hall–Kier alpha value is -1.72. The molecule has 2 atom stereocenters. The van der Waals surface area contributed by atoms with Gasteiger partial charge in [0.2, 0.25) is 0 Å². The number of carbonyl (C=O) groups is 1. The van der Waals surface area contributed by atoms with E-state index in [1.54, 1.807) is 0 Å². The number of aromatic nitrogens is 2. The van der Waals surface area contributed by atoms with Gasteiger partial charge in [0.1, 0.15) is 11.9 Å². The highest BCUT2D eigenvalue weighted by atomic mass is 16.6. The molecule has 110 valence electrons. The number of aromatic amines is 1. The first-order valence-corrected chi connectivity index (χ1v) is 7.25. The number of hydrogen-bond acceptors (Lipinski definition) is 4.